The molecular weight excluding hydrogens is 120 g/mol. The van der Waals surface area contributed by atoms with Crippen molar-refractivity contribution in [2.24, 2.45) is 17.8 Å². The summed E-state index contributed by atoms with van der Waals surface area (Å²) in [4.78, 5) is 0. The highest BCUT2D eigenvalue weighted by Crippen LogP contribution is 2.24. The van der Waals surface area contributed by atoms with Crippen molar-refractivity contribution >= 4 is 0 Å². The first-order valence-electron chi connectivity index (χ1n) is 4.63. The van der Waals surface area contributed by atoms with E-state index in [0.29, 0.717) is 0 Å². The van der Waals surface area contributed by atoms with E-state index in [1.54, 1.807) is 0 Å². The number of hydrogen-bond acceptors (Lipinski definition) is 0. The lowest BCUT2D eigenvalue weighted by Gasteiger charge is -2.23. The van der Waals surface area contributed by atoms with Gasteiger partial charge in [-0.15, -0.1) is 0 Å². The third kappa shape index (κ3) is 2.72. The predicted octanol–water partition coefficient (Wildman–Crippen LogP) is 3.71. The molecule has 0 aromatic heterocycles. The molecule has 0 fully saturated rings. The maximum absolute atomic E-state index is 2.38. The van der Waals surface area contributed by atoms with E-state index < -0.39 is 0 Å². The van der Waals surface area contributed by atoms with E-state index in [4.69, 9.17) is 0 Å². The van der Waals surface area contributed by atoms with Crippen molar-refractivity contribution in [3.63, 3.8) is 0 Å². The first kappa shape index (κ1) is 10.0. The van der Waals surface area contributed by atoms with Crippen LogP contribution in [-0.4, -0.2) is 0 Å². The standard InChI is InChI=1S/C10H22/c1-6-8(3)10(5)9(4)7-2/h8-10H,6-7H2,1-5H3/t8-,9-/m0/s1. The third-order valence-electron chi connectivity index (χ3n) is 3.08. The monoisotopic (exact) mass is 142 g/mol. The van der Waals surface area contributed by atoms with Crippen LogP contribution in [0.15, 0.2) is 0 Å². The van der Waals surface area contributed by atoms with E-state index in [-0.39, 0.29) is 0 Å². The summed E-state index contributed by atoms with van der Waals surface area (Å²) < 4.78 is 0. The molecule has 0 heterocycles. The second-order valence-corrected chi connectivity index (χ2v) is 3.63. The van der Waals surface area contributed by atoms with Gasteiger partial charge in [-0.1, -0.05) is 47.5 Å². The summed E-state index contributed by atoms with van der Waals surface area (Å²) in [5.41, 5.74) is 0. The smallest absolute Gasteiger partial charge is 0.0391 e. The topological polar surface area (TPSA) is 0 Å². The van der Waals surface area contributed by atoms with Crippen LogP contribution in [0, 0.1) is 17.8 Å². The van der Waals surface area contributed by atoms with E-state index >= 15 is 0 Å². The molecule has 0 amide bonds. The summed E-state index contributed by atoms with van der Waals surface area (Å²) in [5.74, 6) is 2.69. The Labute approximate surface area is 66.0 Å². The van der Waals surface area contributed by atoms with Crippen molar-refractivity contribution in [3.05, 3.63) is 0 Å². The predicted molar refractivity (Wildman–Crippen MR) is 48.1 cm³/mol. The Morgan fingerprint density at radius 1 is 0.800 bits per heavy atom. The van der Waals surface area contributed by atoms with Crippen molar-refractivity contribution in [1.82, 2.24) is 0 Å². The first-order valence-corrected chi connectivity index (χ1v) is 4.63. The van der Waals surface area contributed by atoms with Crippen molar-refractivity contribution in [1.29, 1.82) is 0 Å². The van der Waals surface area contributed by atoms with Crippen LogP contribution in [0.25, 0.3) is 0 Å². The molecule has 0 saturated carbocycles. The molecular formula is C10H22. The minimum atomic E-state index is 0.898. The van der Waals surface area contributed by atoms with Crippen LogP contribution in [0.4, 0.5) is 0 Å². The maximum Gasteiger partial charge on any atom is -0.0391 e. The van der Waals surface area contributed by atoms with Crippen LogP contribution in [-0.2, 0) is 0 Å². The van der Waals surface area contributed by atoms with E-state index in [0.717, 1.165) is 17.8 Å². The molecule has 0 N–H and O–H groups in total. The van der Waals surface area contributed by atoms with Crippen molar-refractivity contribution < 1.29 is 0 Å². The minimum Gasteiger partial charge on any atom is -0.0651 e. The van der Waals surface area contributed by atoms with Crippen molar-refractivity contribution in [2.45, 2.75) is 47.5 Å². The fourth-order valence-corrected chi connectivity index (χ4v) is 1.30. The fourth-order valence-electron chi connectivity index (χ4n) is 1.30. The molecule has 0 aromatic rings. The van der Waals surface area contributed by atoms with Gasteiger partial charge in [-0.3, -0.25) is 0 Å². The largest absolute Gasteiger partial charge is 0.0651 e. The van der Waals surface area contributed by atoms with Crippen LogP contribution >= 0.6 is 0 Å². The van der Waals surface area contributed by atoms with E-state index in [1.165, 1.54) is 12.8 Å². The highest BCUT2D eigenvalue weighted by molar-refractivity contribution is 4.65. The highest BCUT2D eigenvalue weighted by Gasteiger charge is 2.15. The van der Waals surface area contributed by atoms with Gasteiger partial charge in [0.25, 0.3) is 0 Å². The van der Waals surface area contributed by atoms with Crippen LogP contribution in [0.3, 0.4) is 0 Å². The molecule has 62 valence electrons. The average molecular weight is 142 g/mol. The maximum atomic E-state index is 2.38. The number of hydrogen-bond donors (Lipinski definition) is 0. The van der Waals surface area contributed by atoms with Crippen LogP contribution in [0.1, 0.15) is 47.5 Å². The molecule has 0 aliphatic rings. The fraction of sp³-hybridized carbons (Fsp3) is 1.00. The molecule has 0 spiro atoms. The first-order chi connectivity index (χ1) is 4.63. The Bertz CT molecular complexity index is 66.1. The zero-order valence-corrected chi connectivity index (χ0v) is 8.15. The SMILES string of the molecule is CC[C@H](C)C(C)[C@@H](C)CC. The van der Waals surface area contributed by atoms with E-state index in [9.17, 15) is 0 Å². The summed E-state index contributed by atoms with van der Waals surface area (Å²) in [6, 6.07) is 0. The lowest BCUT2D eigenvalue weighted by atomic mass is 9.82. The zero-order valence-electron chi connectivity index (χ0n) is 8.15. The summed E-state index contributed by atoms with van der Waals surface area (Å²) in [6.45, 7) is 11.7. The Hall–Kier alpha value is 0. The molecule has 0 aromatic carbocycles. The Morgan fingerprint density at radius 2 is 1.10 bits per heavy atom. The molecule has 0 rings (SSSR count). The molecule has 0 radical (unpaired) electrons. The molecule has 0 bridgehead atoms. The molecule has 10 heavy (non-hydrogen) atoms. The van der Waals surface area contributed by atoms with Gasteiger partial charge in [-0.05, 0) is 17.8 Å². The molecule has 0 aliphatic carbocycles. The van der Waals surface area contributed by atoms with Gasteiger partial charge in [0.1, 0.15) is 0 Å². The molecule has 0 nitrogen and oxygen atoms in total. The Kier molecular flexibility index (Phi) is 4.76. The zero-order chi connectivity index (χ0) is 8.15. The molecule has 0 unspecified atom stereocenters. The quantitative estimate of drug-likeness (QED) is 0.561. The molecule has 0 saturated heterocycles. The van der Waals surface area contributed by atoms with Gasteiger partial charge in [0.2, 0.25) is 0 Å². The normalized spacial score (nSPS) is 17.4. The summed E-state index contributed by atoms with van der Waals surface area (Å²) in [7, 11) is 0. The van der Waals surface area contributed by atoms with Gasteiger partial charge in [-0.25, -0.2) is 0 Å². The van der Waals surface area contributed by atoms with Crippen LogP contribution < -0.4 is 0 Å². The summed E-state index contributed by atoms with van der Waals surface area (Å²) >= 11 is 0. The third-order valence-corrected chi connectivity index (χ3v) is 3.08. The van der Waals surface area contributed by atoms with Crippen molar-refractivity contribution in [2.75, 3.05) is 0 Å². The van der Waals surface area contributed by atoms with Crippen LogP contribution in [0.5, 0.6) is 0 Å². The van der Waals surface area contributed by atoms with Gasteiger partial charge in [0.15, 0.2) is 0 Å². The van der Waals surface area contributed by atoms with Crippen molar-refractivity contribution in [3.8, 4) is 0 Å². The molecule has 0 aliphatic heterocycles. The van der Waals surface area contributed by atoms with E-state index in [2.05, 4.69) is 34.6 Å². The molecule has 0 heteroatoms. The van der Waals surface area contributed by atoms with Gasteiger partial charge >= 0.3 is 0 Å². The molecule has 2 atom stereocenters. The minimum absolute atomic E-state index is 0.898. The van der Waals surface area contributed by atoms with E-state index in [1.807, 2.05) is 0 Å². The number of rotatable bonds is 4. The van der Waals surface area contributed by atoms with Gasteiger partial charge < -0.3 is 0 Å². The second-order valence-electron chi connectivity index (χ2n) is 3.63. The lowest BCUT2D eigenvalue weighted by Crippen LogP contribution is -2.14. The van der Waals surface area contributed by atoms with Gasteiger partial charge in [-0.2, -0.15) is 0 Å². The van der Waals surface area contributed by atoms with Gasteiger partial charge in [0.05, 0.1) is 0 Å². The second kappa shape index (κ2) is 4.76. The Morgan fingerprint density at radius 3 is 1.30 bits per heavy atom. The highest BCUT2D eigenvalue weighted by atomic mass is 14.2. The average Bonchev–Trinajstić information content (AvgIpc) is 2.00. The van der Waals surface area contributed by atoms with Gasteiger partial charge in [0, 0.05) is 0 Å². The summed E-state index contributed by atoms with van der Waals surface area (Å²) in [5, 5.41) is 0. The Balaban J connectivity index is 3.69. The lowest BCUT2D eigenvalue weighted by molar-refractivity contribution is 0.267. The summed E-state index contributed by atoms with van der Waals surface area (Å²) in [6.07, 6.45) is 2.65. The van der Waals surface area contributed by atoms with Crippen LogP contribution in [0.2, 0.25) is 0 Å².